The minimum Gasteiger partial charge on any atom is -0.310 e. The fourth-order valence-electron chi connectivity index (χ4n) is 6.80. The molecule has 8 rings (SSSR count). The van der Waals surface area contributed by atoms with Gasteiger partial charge in [-0.2, -0.15) is 0 Å². The second-order valence-electron chi connectivity index (χ2n) is 14.1. The number of hydrogen-bond donors (Lipinski definition) is 0. The summed E-state index contributed by atoms with van der Waals surface area (Å²) in [6, 6.07) is 67.4. The third-order valence-electron chi connectivity index (χ3n) is 9.32. The van der Waals surface area contributed by atoms with Crippen LogP contribution in [0.3, 0.4) is 0 Å². The second kappa shape index (κ2) is 14.1. The molecule has 0 radical (unpaired) electrons. The Labute approximate surface area is 308 Å². The summed E-state index contributed by atoms with van der Waals surface area (Å²) >= 11 is 0. The van der Waals surface area contributed by atoms with Crippen molar-refractivity contribution in [2.75, 3.05) is 9.80 Å². The molecule has 0 saturated carbocycles. The van der Waals surface area contributed by atoms with Gasteiger partial charge in [-0.1, -0.05) is 141 Å². The Morgan fingerprint density at radius 3 is 1.21 bits per heavy atom. The number of para-hydroxylation sites is 1. The van der Waals surface area contributed by atoms with Gasteiger partial charge < -0.3 is 9.80 Å². The molecule has 0 aromatic heterocycles. The van der Waals surface area contributed by atoms with Crippen LogP contribution >= 0.6 is 0 Å². The Morgan fingerprint density at radius 2 is 0.750 bits per heavy atom. The van der Waals surface area contributed by atoms with Gasteiger partial charge in [0.2, 0.25) is 0 Å². The normalized spacial score (nSPS) is 11.2. The molecule has 0 saturated heterocycles. The van der Waals surface area contributed by atoms with Gasteiger partial charge >= 0.3 is 0 Å². The van der Waals surface area contributed by atoms with Crippen LogP contribution in [0.1, 0.15) is 5.56 Å². The number of benzene rings is 8. The van der Waals surface area contributed by atoms with Crippen molar-refractivity contribution in [3.8, 4) is 22.6 Å². The van der Waals surface area contributed by atoms with Crippen molar-refractivity contribution in [1.29, 1.82) is 0 Å². The number of anilines is 6. The Kier molecular flexibility index (Phi) is 8.91. The smallest absolute Gasteiger partial charge is 0.129 e. The minimum atomic E-state index is -1.47. The van der Waals surface area contributed by atoms with Crippen LogP contribution < -0.4 is 9.80 Å². The van der Waals surface area contributed by atoms with Gasteiger partial charge in [0.15, 0.2) is 0 Å². The number of rotatable bonds is 7. The fraction of sp³-hybridized carbons (Fsp3) is 0.0612. The van der Waals surface area contributed by atoms with Gasteiger partial charge in [0.05, 0.1) is 11.4 Å². The number of fused-ring (bicyclic) bond motifs is 2. The van der Waals surface area contributed by atoms with Crippen LogP contribution in [0.25, 0.3) is 32.7 Å². The first-order chi connectivity index (χ1) is 25.4. The Hall–Kier alpha value is -6.34. The van der Waals surface area contributed by atoms with E-state index in [1.165, 1.54) is 32.7 Å². The molecular weight excluding hydrogens is 645 g/mol. The lowest BCUT2D eigenvalue weighted by Gasteiger charge is -2.27. The summed E-state index contributed by atoms with van der Waals surface area (Å²) in [5.74, 6) is 3.41. The Bertz CT molecular complexity index is 2530. The molecule has 0 spiro atoms. The third kappa shape index (κ3) is 6.85. The van der Waals surface area contributed by atoms with Gasteiger partial charge in [0, 0.05) is 39.1 Å². The summed E-state index contributed by atoms with van der Waals surface area (Å²) in [5.41, 5.74) is 13.6. The molecule has 250 valence electrons. The van der Waals surface area contributed by atoms with E-state index in [1.54, 1.807) is 0 Å². The highest BCUT2D eigenvalue weighted by molar-refractivity contribution is 6.83. The van der Waals surface area contributed by atoms with Crippen molar-refractivity contribution < 1.29 is 0 Å². The van der Waals surface area contributed by atoms with Crippen LogP contribution in [0.5, 0.6) is 0 Å². The van der Waals surface area contributed by atoms with E-state index < -0.39 is 8.07 Å². The van der Waals surface area contributed by atoms with Gasteiger partial charge in [0.1, 0.15) is 8.07 Å². The quantitative estimate of drug-likeness (QED) is 0.122. The topological polar surface area (TPSA) is 6.48 Å². The van der Waals surface area contributed by atoms with E-state index >= 15 is 0 Å². The maximum Gasteiger partial charge on any atom is 0.129 e. The standard InChI is InChI=1S/C49H40N2Si/c1-52(2,3)36-35-37-23-29-43(30-24-37)51(49-22-12-16-41-14-8-10-20-47(41)49)45-33-27-39(28-34-45)38-25-31-44(32-26-38)50(42-17-5-4-6-18-42)48-21-11-15-40-13-7-9-19-46(40)48/h4-34H,1-3H3. The molecule has 0 unspecified atom stereocenters. The van der Waals surface area contributed by atoms with Crippen LogP contribution in [-0.2, 0) is 0 Å². The van der Waals surface area contributed by atoms with Gasteiger partial charge in [-0.15, -0.1) is 5.54 Å². The molecule has 0 aliphatic carbocycles. The molecule has 0 fully saturated rings. The van der Waals surface area contributed by atoms with Crippen molar-refractivity contribution in [2.24, 2.45) is 0 Å². The monoisotopic (exact) mass is 684 g/mol. The van der Waals surface area contributed by atoms with E-state index in [0.717, 1.165) is 39.7 Å². The van der Waals surface area contributed by atoms with Crippen LogP contribution in [0.15, 0.2) is 188 Å². The number of hydrogen-bond acceptors (Lipinski definition) is 2. The van der Waals surface area contributed by atoms with Crippen LogP contribution in [0.4, 0.5) is 34.1 Å². The summed E-state index contributed by atoms with van der Waals surface area (Å²) in [6.07, 6.45) is 0. The lowest BCUT2D eigenvalue weighted by molar-refractivity contribution is 1.29. The minimum absolute atomic E-state index is 1.05. The molecular formula is C49H40N2Si. The molecule has 52 heavy (non-hydrogen) atoms. The first kappa shape index (κ1) is 32.8. The summed E-state index contributed by atoms with van der Waals surface area (Å²) < 4.78 is 0. The van der Waals surface area contributed by atoms with Crippen molar-refractivity contribution >= 4 is 63.7 Å². The lowest BCUT2D eigenvalue weighted by atomic mass is 10.0. The summed E-state index contributed by atoms with van der Waals surface area (Å²) in [4.78, 5) is 4.70. The van der Waals surface area contributed by atoms with E-state index in [2.05, 4.69) is 229 Å². The van der Waals surface area contributed by atoms with Crippen LogP contribution in [0.2, 0.25) is 19.6 Å². The molecule has 0 amide bonds. The highest BCUT2D eigenvalue weighted by atomic mass is 28.3. The molecule has 2 nitrogen and oxygen atoms in total. The zero-order valence-corrected chi connectivity index (χ0v) is 30.8. The van der Waals surface area contributed by atoms with Gasteiger partial charge in [-0.3, -0.25) is 0 Å². The van der Waals surface area contributed by atoms with Crippen LogP contribution in [0, 0.1) is 11.5 Å². The average molecular weight is 685 g/mol. The third-order valence-corrected chi connectivity index (χ3v) is 10.2. The highest BCUT2D eigenvalue weighted by Gasteiger charge is 2.17. The maximum atomic E-state index is 3.50. The first-order valence-electron chi connectivity index (χ1n) is 17.9. The Morgan fingerprint density at radius 1 is 0.365 bits per heavy atom. The van der Waals surface area contributed by atoms with E-state index in [1.807, 2.05) is 0 Å². The molecule has 0 heterocycles. The van der Waals surface area contributed by atoms with Crippen molar-refractivity contribution in [2.45, 2.75) is 19.6 Å². The maximum absolute atomic E-state index is 3.50. The van der Waals surface area contributed by atoms with Crippen molar-refractivity contribution in [3.63, 3.8) is 0 Å². The predicted molar refractivity (Wildman–Crippen MR) is 226 cm³/mol. The van der Waals surface area contributed by atoms with E-state index in [4.69, 9.17) is 0 Å². The average Bonchev–Trinajstić information content (AvgIpc) is 3.19. The predicted octanol–water partition coefficient (Wildman–Crippen LogP) is 13.8. The zero-order valence-electron chi connectivity index (χ0n) is 29.8. The summed E-state index contributed by atoms with van der Waals surface area (Å²) in [6.45, 7) is 6.83. The van der Waals surface area contributed by atoms with Crippen molar-refractivity contribution in [1.82, 2.24) is 0 Å². The zero-order chi connectivity index (χ0) is 35.5. The van der Waals surface area contributed by atoms with E-state index in [-0.39, 0.29) is 0 Å². The molecule has 0 atom stereocenters. The number of nitrogens with zero attached hydrogens (tertiary/aromatic N) is 2. The molecule has 8 aromatic carbocycles. The molecule has 0 N–H and O–H groups in total. The van der Waals surface area contributed by atoms with E-state index in [0.29, 0.717) is 0 Å². The van der Waals surface area contributed by atoms with Gasteiger partial charge in [-0.05, 0) is 94.7 Å². The molecule has 0 aliphatic rings. The summed E-state index contributed by atoms with van der Waals surface area (Å²) in [7, 11) is -1.47. The first-order valence-corrected chi connectivity index (χ1v) is 21.4. The second-order valence-corrected chi connectivity index (χ2v) is 18.9. The van der Waals surface area contributed by atoms with Crippen molar-refractivity contribution in [3.05, 3.63) is 194 Å². The lowest BCUT2D eigenvalue weighted by Crippen LogP contribution is -2.16. The Balaban J connectivity index is 1.15. The molecule has 8 aromatic rings. The van der Waals surface area contributed by atoms with E-state index in [9.17, 15) is 0 Å². The molecule has 0 aliphatic heterocycles. The fourth-order valence-corrected chi connectivity index (χ4v) is 7.32. The van der Waals surface area contributed by atoms with Gasteiger partial charge in [0.25, 0.3) is 0 Å². The molecule has 3 heteroatoms. The SMILES string of the molecule is C[Si](C)(C)C#Cc1ccc(N(c2ccc(-c3ccc(N(c4ccccc4)c4cccc5ccccc45)cc3)cc2)c2cccc3ccccc23)cc1. The summed E-state index contributed by atoms with van der Waals surface area (Å²) in [5, 5.41) is 4.87. The van der Waals surface area contributed by atoms with Crippen LogP contribution in [-0.4, -0.2) is 8.07 Å². The highest BCUT2D eigenvalue weighted by Crippen LogP contribution is 2.41. The molecule has 0 bridgehead atoms. The van der Waals surface area contributed by atoms with Gasteiger partial charge in [-0.25, -0.2) is 0 Å². The largest absolute Gasteiger partial charge is 0.310 e.